The molecule has 2 unspecified atom stereocenters. The number of likely N-dealkylation sites (N-methyl/N-ethyl adjacent to an activating group) is 1. The lowest BCUT2D eigenvalue weighted by atomic mass is 9.78. The van der Waals surface area contributed by atoms with Crippen molar-refractivity contribution in [2.75, 3.05) is 19.1 Å². The molecule has 1 aliphatic heterocycles. The number of para-hydroxylation sites is 1. The maximum absolute atomic E-state index is 12.4. The Morgan fingerprint density at radius 1 is 1.47 bits per heavy atom. The monoisotopic (exact) mass is 262 g/mol. The van der Waals surface area contributed by atoms with Crippen molar-refractivity contribution in [3.63, 3.8) is 0 Å². The first kappa shape index (κ1) is 13.5. The van der Waals surface area contributed by atoms with Crippen LogP contribution in [0.2, 0.25) is 0 Å². The third kappa shape index (κ3) is 2.00. The number of fused-ring (bicyclic) bond motifs is 1. The zero-order chi connectivity index (χ0) is 14.2. The van der Waals surface area contributed by atoms with Gasteiger partial charge in [0.15, 0.2) is 0 Å². The van der Waals surface area contributed by atoms with Gasteiger partial charge in [-0.15, -0.1) is 0 Å². The number of anilines is 1. The van der Waals surface area contributed by atoms with Crippen LogP contribution in [0.15, 0.2) is 24.3 Å². The van der Waals surface area contributed by atoms with E-state index in [9.17, 15) is 9.59 Å². The van der Waals surface area contributed by atoms with E-state index in [0.717, 1.165) is 11.3 Å². The van der Waals surface area contributed by atoms with E-state index in [1.54, 1.807) is 11.9 Å². The molecule has 0 radical (unpaired) electrons. The van der Waals surface area contributed by atoms with E-state index in [4.69, 9.17) is 5.73 Å². The molecule has 1 aromatic rings. The van der Waals surface area contributed by atoms with Gasteiger partial charge in [-0.3, -0.25) is 9.59 Å². The van der Waals surface area contributed by atoms with E-state index in [1.165, 1.54) is 7.11 Å². The number of benzene rings is 1. The molecule has 2 N–H and O–H groups in total. The van der Waals surface area contributed by atoms with Crippen molar-refractivity contribution in [2.45, 2.75) is 24.8 Å². The second-order valence-electron chi connectivity index (χ2n) is 5.05. The van der Waals surface area contributed by atoms with Gasteiger partial charge in [-0.05, 0) is 25.0 Å². The summed E-state index contributed by atoms with van der Waals surface area (Å²) in [4.78, 5) is 25.5. The van der Waals surface area contributed by atoms with Crippen molar-refractivity contribution in [3.8, 4) is 0 Å². The van der Waals surface area contributed by atoms with E-state index in [2.05, 4.69) is 4.74 Å². The predicted octanol–water partition coefficient (Wildman–Crippen LogP) is 0.811. The van der Waals surface area contributed by atoms with Gasteiger partial charge in [-0.2, -0.15) is 0 Å². The molecule has 0 saturated heterocycles. The van der Waals surface area contributed by atoms with Crippen LogP contribution in [-0.4, -0.2) is 32.1 Å². The number of hydrogen-bond acceptors (Lipinski definition) is 4. The van der Waals surface area contributed by atoms with Crippen molar-refractivity contribution in [2.24, 2.45) is 5.73 Å². The predicted molar refractivity (Wildman–Crippen MR) is 71.8 cm³/mol. The highest BCUT2D eigenvalue weighted by Crippen LogP contribution is 2.43. The second kappa shape index (κ2) is 4.66. The molecule has 102 valence electrons. The van der Waals surface area contributed by atoms with Crippen LogP contribution in [0.25, 0.3) is 0 Å². The molecule has 19 heavy (non-hydrogen) atoms. The van der Waals surface area contributed by atoms with Crippen molar-refractivity contribution < 1.29 is 14.3 Å². The molecule has 0 fully saturated rings. The minimum Gasteiger partial charge on any atom is -0.468 e. The zero-order valence-electron chi connectivity index (χ0n) is 11.3. The standard InChI is InChI=1S/C14H18N2O3/c1-14(8-10(15)12(17)19-3)9-6-4-5-7-11(9)16(2)13(14)18/h4-7,10H,8,15H2,1-3H3. The normalized spacial score (nSPS) is 23.2. The smallest absolute Gasteiger partial charge is 0.322 e. The number of ether oxygens (including phenoxy) is 1. The molecule has 5 heteroatoms. The summed E-state index contributed by atoms with van der Waals surface area (Å²) in [6.45, 7) is 1.82. The van der Waals surface area contributed by atoms with Crippen molar-refractivity contribution in [1.29, 1.82) is 0 Å². The zero-order valence-corrected chi connectivity index (χ0v) is 11.3. The van der Waals surface area contributed by atoms with Gasteiger partial charge in [0, 0.05) is 12.7 Å². The molecule has 0 aliphatic carbocycles. The summed E-state index contributed by atoms with van der Waals surface area (Å²) in [5, 5.41) is 0. The average Bonchev–Trinajstić information content (AvgIpc) is 2.61. The van der Waals surface area contributed by atoms with Gasteiger partial charge >= 0.3 is 5.97 Å². The van der Waals surface area contributed by atoms with Crippen LogP contribution in [0.4, 0.5) is 5.69 Å². The fourth-order valence-electron chi connectivity index (χ4n) is 2.70. The Bertz CT molecular complexity index is 529. The molecular weight excluding hydrogens is 244 g/mol. The number of hydrogen-bond donors (Lipinski definition) is 1. The van der Waals surface area contributed by atoms with Gasteiger partial charge in [0.1, 0.15) is 6.04 Å². The summed E-state index contributed by atoms with van der Waals surface area (Å²) in [5.41, 5.74) is 6.81. The Balaban J connectivity index is 2.38. The summed E-state index contributed by atoms with van der Waals surface area (Å²) < 4.78 is 4.63. The van der Waals surface area contributed by atoms with Gasteiger partial charge in [0.2, 0.25) is 5.91 Å². The fraction of sp³-hybridized carbons (Fsp3) is 0.429. The summed E-state index contributed by atoms with van der Waals surface area (Å²) in [7, 11) is 3.02. The second-order valence-corrected chi connectivity index (χ2v) is 5.05. The molecule has 2 atom stereocenters. The number of amides is 1. The molecule has 5 nitrogen and oxygen atoms in total. The minimum atomic E-state index is -0.807. The molecule has 0 aromatic heterocycles. The molecule has 1 aromatic carbocycles. The summed E-state index contributed by atoms with van der Waals surface area (Å²) >= 11 is 0. The Labute approximate surface area is 112 Å². The van der Waals surface area contributed by atoms with Crippen LogP contribution in [0.3, 0.4) is 0 Å². The van der Waals surface area contributed by atoms with Crippen LogP contribution in [-0.2, 0) is 19.7 Å². The van der Waals surface area contributed by atoms with Crippen molar-refractivity contribution in [1.82, 2.24) is 0 Å². The van der Waals surface area contributed by atoms with E-state index in [1.807, 2.05) is 31.2 Å². The Kier molecular flexibility index (Phi) is 3.32. The van der Waals surface area contributed by atoms with Crippen LogP contribution in [0.1, 0.15) is 18.9 Å². The lowest BCUT2D eigenvalue weighted by Gasteiger charge is -2.25. The third-order valence-corrected chi connectivity index (χ3v) is 3.77. The quantitative estimate of drug-likeness (QED) is 0.818. The van der Waals surface area contributed by atoms with Gasteiger partial charge < -0.3 is 15.4 Å². The van der Waals surface area contributed by atoms with Gasteiger partial charge in [0.05, 0.1) is 12.5 Å². The average molecular weight is 262 g/mol. The molecule has 0 bridgehead atoms. The van der Waals surface area contributed by atoms with Crippen LogP contribution < -0.4 is 10.6 Å². The van der Waals surface area contributed by atoms with E-state index in [0.29, 0.717) is 0 Å². The highest BCUT2D eigenvalue weighted by molar-refractivity contribution is 6.07. The minimum absolute atomic E-state index is 0.0481. The molecule has 2 rings (SSSR count). The number of methoxy groups -OCH3 is 1. The molecule has 1 amide bonds. The lowest BCUT2D eigenvalue weighted by molar-refractivity contribution is -0.142. The molecular formula is C14H18N2O3. The number of nitrogens with zero attached hydrogens (tertiary/aromatic N) is 1. The highest BCUT2D eigenvalue weighted by Gasteiger charge is 2.47. The van der Waals surface area contributed by atoms with Crippen molar-refractivity contribution >= 4 is 17.6 Å². The molecule has 1 heterocycles. The molecule has 1 aliphatic rings. The maximum atomic E-state index is 12.4. The Morgan fingerprint density at radius 3 is 2.74 bits per heavy atom. The highest BCUT2D eigenvalue weighted by atomic mass is 16.5. The largest absolute Gasteiger partial charge is 0.468 e. The first-order valence-electron chi connectivity index (χ1n) is 6.13. The van der Waals surface area contributed by atoms with E-state index >= 15 is 0 Å². The van der Waals surface area contributed by atoms with Gasteiger partial charge in [-0.25, -0.2) is 0 Å². The number of rotatable bonds is 3. The number of nitrogens with two attached hydrogens (primary N) is 1. The fourth-order valence-corrected chi connectivity index (χ4v) is 2.70. The first-order valence-corrected chi connectivity index (χ1v) is 6.13. The molecule has 0 spiro atoms. The van der Waals surface area contributed by atoms with E-state index < -0.39 is 17.4 Å². The lowest BCUT2D eigenvalue weighted by Crippen LogP contribution is -2.44. The van der Waals surface area contributed by atoms with Crippen LogP contribution in [0.5, 0.6) is 0 Å². The van der Waals surface area contributed by atoms with Crippen molar-refractivity contribution in [3.05, 3.63) is 29.8 Å². The summed E-state index contributed by atoms with van der Waals surface area (Å²) in [6, 6.07) is 6.75. The van der Waals surface area contributed by atoms with Crippen LogP contribution in [0, 0.1) is 0 Å². The first-order chi connectivity index (χ1) is 8.91. The van der Waals surface area contributed by atoms with E-state index in [-0.39, 0.29) is 12.3 Å². The number of esters is 1. The summed E-state index contributed by atoms with van der Waals surface area (Å²) in [6.07, 6.45) is 0.236. The summed E-state index contributed by atoms with van der Waals surface area (Å²) in [5.74, 6) is -0.547. The van der Waals surface area contributed by atoms with Gasteiger partial charge in [-0.1, -0.05) is 18.2 Å². The Hall–Kier alpha value is -1.88. The van der Waals surface area contributed by atoms with Gasteiger partial charge in [0.25, 0.3) is 0 Å². The number of carbonyl (C=O) groups excluding carboxylic acids is 2. The third-order valence-electron chi connectivity index (χ3n) is 3.77. The molecule has 0 saturated carbocycles. The topological polar surface area (TPSA) is 72.6 Å². The maximum Gasteiger partial charge on any atom is 0.322 e. The Morgan fingerprint density at radius 2 is 2.11 bits per heavy atom. The number of carbonyl (C=O) groups is 2. The van der Waals surface area contributed by atoms with Crippen LogP contribution >= 0.6 is 0 Å². The SMILES string of the molecule is COC(=O)C(N)CC1(C)C(=O)N(C)c2ccccc21.